The Kier molecular flexibility index (Phi) is 9.78. The molecule has 2 N–H and O–H groups in total. The van der Waals surface area contributed by atoms with Crippen molar-refractivity contribution in [3.63, 3.8) is 0 Å². The molecule has 3 heterocycles. The van der Waals surface area contributed by atoms with Crippen LogP contribution in [0.5, 0.6) is 5.88 Å². The Morgan fingerprint density at radius 1 is 1.15 bits per heavy atom. The van der Waals surface area contributed by atoms with Crippen molar-refractivity contribution in [1.29, 1.82) is 0 Å². The van der Waals surface area contributed by atoms with Crippen molar-refractivity contribution in [2.24, 2.45) is 0 Å². The molecule has 1 aromatic heterocycles. The van der Waals surface area contributed by atoms with Crippen molar-refractivity contribution < 1.29 is 55.3 Å². The molecule has 1 aromatic rings. The average Bonchev–Trinajstić information content (AvgIpc) is 3.06. The Morgan fingerprint density at radius 2 is 1.64 bits per heavy atom. The lowest BCUT2D eigenvalue weighted by Crippen LogP contribution is -2.61. The molecule has 3 rings (SSSR count). The average molecular weight is 510 g/mol. The van der Waals surface area contributed by atoms with Crippen molar-refractivity contribution >= 4 is 23.7 Å². The summed E-state index contributed by atoms with van der Waals surface area (Å²) in [7, 11) is 0. The number of carbonyl (C=O) groups is 2. The number of carboxylic acids is 2. The summed E-state index contributed by atoms with van der Waals surface area (Å²) in [5.41, 5.74) is 0. The molecule has 2 fully saturated rings. The summed E-state index contributed by atoms with van der Waals surface area (Å²) in [6.07, 6.45) is -7.51. The second-order valence-corrected chi connectivity index (χ2v) is 8.82. The number of likely N-dealkylation sites (tertiary alicyclic amines) is 1. The van der Waals surface area contributed by atoms with Gasteiger partial charge in [-0.25, -0.2) is 19.0 Å². The van der Waals surface area contributed by atoms with E-state index in [1.807, 2.05) is 11.8 Å². The molecule has 1 unspecified atom stereocenters. The predicted molar refractivity (Wildman–Crippen MR) is 103 cm³/mol. The van der Waals surface area contributed by atoms with Crippen LogP contribution in [0.1, 0.15) is 20.3 Å². The van der Waals surface area contributed by atoms with Crippen molar-refractivity contribution in [1.82, 2.24) is 9.88 Å². The summed E-state index contributed by atoms with van der Waals surface area (Å²) in [6, 6.07) is 3.59. The van der Waals surface area contributed by atoms with Gasteiger partial charge in [0.25, 0.3) is 5.88 Å². The Hall–Kier alpha value is -2.29. The van der Waals surface area contributed by atoms with Crippen molar-refractivity contribution in [3.05, 3.63) is 24.1 Å². The molecule has 188 valence electrons. The van der Waals surface area contributed by atoms with E-state index in [-0.39, 0.29) is 17.8 Å². The van der Waals surface area contributed by atoms with Gasteiger partial charge in [-0.05, 0) is 26.0 Å². The highest BCUT2D eigenvalue weighted by Gasteiger charge is 2.50. The normalized spacial score (nSPS) is 19.6. The number of carboxylic acid groups (broad SMARTS) is 2. The molecule has 0 aliphatic carbocycles. The van der Waals surface area contributed by atoms with Crippen LogP contribution in [0, 0.1) is 5.82 Å². The number of alkyl halides is 6. The maximum Gasteiger partial charge on any atom is 0.490 e. The highest BCUT2D eigenvalue weighted by atomic mass is 32.2. The van der Waals surface area contributed by atoms with Crippen molar-refractivity contribution in [2.45, 2.75) is 49.5 Å². The topological polar surface area (TPSA) is 100.0 Å². The first-order chi connectivity index (χ1) is 15.0. The zero-order valence-corrected chi connectivity index (χ0v) is 18.1. The largest absolute Gasteiger partial charge is 0.490 e. The smallest absolute Gasteiger partial charge is 0.475 e. The third kappa shape index (κ3) is 9.23. The van der Waals surface area contributed by atoms with Gasteiger partial charge in [-0.2, -0.15) is 26.3 Å². The molecule has 0 aromatic carbocycles. The number of thioether (sulfide) groups is 1. The lowest BCUT2D eigenvalue weighted by molar-refractivity contribution is -0.193. The minimum Gasteiger partial charge on any atom is -0.475 e. The zero-order chi connectivity index (χ0) is 25.6. The number of nitrogens with zero attached hydrogens (tertiary/aromatic N) is 2. The number of aromatic nitrogens is 1. The third-order valence-corrected chi connectivity index (χ3v) is 5.95. The lowest BCUT2D eigenvalue weighted by atomic mass is 9.92. The minimum absolute atomic E-state index is 0.0868. The molecule has 33 heavy (non-hydrogen) atoms. The van der Waals surface area contributed by atoms with E-state index in [1.54, 1.807) is 12.3 Å². The summed E-state index contributed by atoms with van der Waals surface area (Å²) in [5.74, 6) is -4.81. The third-order valence-electron chi connectivity index (χ3n) is 4.38. The monoisotopic (exact) mass is 510 g/mol. The highest BCUT2D eigenvalue weighted by molar-refractivity contribution is 8.01. The number of rotatable bonds is 3. The molecule has 1 spiro atoms. The molecule has 0 radical (unpaired) electrons. The van der Waals surface area contributed by atoms with E-state index in [0.29, 0.717) is 10.8 Å². The van der Waals surface area contributed by atoms with Crippen LogP contribution >= 0.6 is 11.8 Å². The second kappa shape index (κ2) is 11.2. The van der Waals surface area contributed by atoms with Crippen molar-refractivity contribution in [3.8, 4) is 5.88 Å². The summed E-state index contributed by atoms with van der Waals surface area (Å²) in [4.78, 5) is 24.2. The molecule has 15 heteroatoms. The van der Waals surface area contributed by atoms with E-state index in [2.05, 4.69) is 23.7 Å². The van der Waals surface area contributed by atoms with Gasteiger partial charge in [0.05, 0.1) is 0 Å². The molecule has 2 aliphatic rings. The summed E-state index contributed by atoms with van der Waals surface area (Å²) in [5, 5.41) is 14.2. The van der Waals surface area contributed by atoms with Crippen LogP contribution < -0.4 is 4.74 Å². The van der Waals surface area contributed by atoms with Crippen LogP contribution in [0.2, 0.25) is 0 Å². The second-order valence-electron chi connectivity index (χ2n) is 7.33. The first-order valence-corrected chi connectivity index (χ1v) is 10.2. The summed E-state index contributed by atoms with van der Waals surface area (Å²) in [6.45, 7) is 6.70. The molecule has 7 nitrogen and oxygen atoms in total. The highest BCUT2D eigenvalue weighted by Crippen LogP contribution is 2.46. The van der Waals surface area contributed by atoms with Gasteiger partial charge in [-0.3, -0.25) is 4.90 Å². The molecule has 2 aliphatic heterocycles. The van der Waals surface area contributed by atoms with Gasteiger partial charge in [0.2, 0.25) is 0 Å². The predicted octanol–water partition coefficient (Wildman–Crippen LogP) is 3.83. The Morgan fingerprint density at radius 3 is 2.03 bits per heavy atom. The Balaban J connectivity index is 0.000000324. The van der Waals surface area contributed by atoms with Crippen LogP contribution in [0.15, 0.2) is 18.3 Å². The molecular weight excluding hydrogens is 489 g/mol. The quantitative estimate of drug-likeness (QED) is 0.592. The molecule has 1 atom stereocenters. The number of ether oxygens (including phenoxy) is 1. The fourth-order valence-corrected chi connectivity index (χ4v) is 4.32. The van der Waals surface area contributed by atoms with Crippen LogP contribution in [0.4, 0.5) is 30.7 Å². The van der Waals surface area contributed by atoms with E-state index < -0.39 is 24.3 Å². The van der Waals surface area contributed by atoms with Crippen LogP contribution in [-0.2, 0) is 9.59 Å². The van der Waals surface area contributed by atoms with Gasteiger partial charge in [-0.15, -0.1) is 11.8 Å². The van der Waals surface area contributed by atoms with Crippen molar-refractivity contribution in [2.75, 3.05) is 18.8 Å². The maximum atomic E-state index is 13.5. The van der Waals surface area contributed by atoms with E-state index >= 15 is 0 Å². The Bertz CT molecular complexity index is 790. The van der Waals surface area contributed by atoms with Gasteiger partial charge in [0, 0.05) is 42.2 Å². The van der Waals surface area contributed by atoms with Gasteiger partial charge in [-0.1, -0.05) is 0 Å². The Labute approximate surface area is 187 Å². The van der Waals surface area contributed by atoms with Gasteiger partial charge < -0.3 is 14.9 Å². The molecule has 2 saturated heterocycles. The zero-order valence-electron chi connectivity index (χ0n) is 17.3. The van der Waals surface area contributed by atoms with Crippen LogP contribution in [-0.4, -0.2) is 80.1 Å². The molecular formula is C18H21F7N2O5S. The van der Waals surface area contributed by atoms with E-state index in [1.165, 1.54) is 6.07 Å². The first kappa shape index (κ1) is 28.7. The number of halogens is 7. The first-order valence-electron chi connectivity index (χ1n) is 9.22. The molecule has 0 amide bonds. The maximum absolute atomic E-state index is 13.5. The number of pyridine rings is 1. The van der Waals surface area contributed by atoms with E-state index in [0.717, 1.165) is 25.3 Å². The molecule has 0 bridgehead atoms. The van der Waals surface area contributed by atoms with Gasteiger partial charge in [0.15, 0.2) is 5.82 Å². The fourth-order valence-electron chi connectivity index (χ4n) is 2.77. The van der Waals surface area contributed by atoms with E-state index in [4.69, 9.17) is 24.5 Å². The number of hydrogen-bond donors (Lipinski definition) is 2. The molecule has 0 saturated carbocycles. The van der Waals surface area contributed by atoms with Gasteiger partial charge in [0.1, 0.15) is 6.10 Å². The van der Waals surface area contributed by atoms with E-state index in [9.17, 15) is 30.7 Å². The number of aliphatic carboxylic acids is 2. The standard InChI is InChI=1S/C14H19FN2OS.2C2HF3O2/c1-10(2)17-8-14(9-17)6-11(7-19-14)18-13-12(15)4-3-5-16-13;2*3-2(4,5)1(6)7/h3-5,10-11H,6-9H2,1-2H3;2*(H,6,7). The lowest BCUT2D eigenvalue weighted by Gasteiger charge is -2.49. The van der Waals surface area contributed by atoms with Gasteiger partial charge >= 0.3 is 24.3 Å². The van der Waals surface area contributed by atoms with Crippen LogP contribution in [0.3, 0.4) is 0 Å². The fraction of sp³-hybridized carbons (Fsp3) is 0.611. The summed E-state index contributed by atoms with van der Waals surface area (Å²) >= 11 is 1.97. The number of hydrogen-bond acceptors (Lipinski definition) is 6. The minimum atomic E-state index is -5.08. The summed E-state index contributed by atoms with van der Waals surface area (Å²) < 4.78 is 83.0. The van der Waals surface area contributed by atoms with Crippen LogP contribution in [0.25, 0.3) is 0 Å². The SMILES string of the molecule is CC(C)N1CC2(CC(Oc3ncccc3F)CS2)C1.O=C(O)C(F)(F)F.O=C(O)C(F)(F)F.